The molecular formula is C12H12F3N3OS. The van der Waals surface area contributed by atoms with Gasteiger partial charge in [-0.05, 0) is 24.6 Å². The predicted octanol–water partition coefficient (Wildman–Crippen LogP) is 3.57. The smallest absolute Gasteiger partial charge is 0.452 e. The van der Waals surface area contributed by atoms with Crippen LogP contribution in [0.5, 0.6) is 5.75 Å². The van der Waals surface area contributed by atoms with Gasteiger partial charge < -0.3 is 10.1 Å². The third kappa shape index (κ3) is 3.83. The molecule has 0 aliphatic carbocycles. The summed E-state index contributed by atoms with van der Waals surface area (Å²) >= 11 is 0.687. The predicted molar refractivity (Wildman–Crippen MR) is 69.8 cm³/mol. The molecule has 0 aliphatic rings. The first-order valence-electron chi connectivity index (χ1n) is 5.85. The molecule has 20 heavy (non-hydrogen) atoms. The van der Waals surface area contributed by atoms with Gasteiger partial charge in [-0.1, -0.05) is 12.1 Å². The summed E-state index contributed by atoms with van der Waals surface area (Å²) in [4.78, 5) is 3.40. The average molecular weight is 303 g/mol. The van der Waals surface area contributed by atoms with Gasteiger partial charge in [0.05, 0.1) is 6.61 Å². The molecule has 0 amide bonds. The van der Waals surface area contributed by atoms with Gasteiger partial charge in [-0.15, -0.1) is 0 Å². The lowest BCUT2D eigenvalue weighted by molar-refractivity contribution is -0.144. The Labute approximate surface area is 117 Å². The van der Waals surface area contributed by atoms with E-state index in [0.29, 0.717) is 24.7 Å². The second-order valence-electron chi connectivity index (χ2n) is 3.85. The molecule has 108 valence electrons. The first kappa shape index (κ1) is 14.6. The van der Waals surface area contributed by atoms with Crippen molar-refractivity contribution in [2.24, 2.45) is 0 Å². The zero-order valence-electron chi connectivity index (χ0n) is 10.6. The molecule has 8 heteroatoms. The fourth-order valence-electron chi connectivity index (χ4n) is 1.50. The van der Waals surface area contributed by atoms with E-state index in [9.17, 15) is 13.2 Å². The minimum atomic E-state index is -4.51. The fourth-order valence-corrected chi connectivity index (χ4v) is 2.08. The Morgan fingerprint density at radius 3 is 2.80 bits per heavy atom. The van der Waals surface area contributed by atoms with Crippen LogP contribution in [0.4, 0.5) is 18.3 Å². The van der Waals surface area contributed by atoms with E-state index in [1.54, 1.807) is 0 Å². The quantitative estimate of drug-likeness (QED) is 0.917. The van der Waals surface area contributed by atoms with Crippen molar-refractivity contribution < 1.29 is 17.9 Å². The number of benzene rings is 1. The molecule has 0 saturated carbocycles. The van der Waals surface area contributed by atoms with Crippen molar-refractivity contribution in [2.75, 3.05) is 11.9 Å². The van der Waals surface area contributed by atoms with Crippen molar-refractivity contribution in [2.45, 2.75) is 19.6 Å². The molecule has 1 heterocycles. The average Bonchev–Trinajstić information content (AvgIpc) is 2.86. The second-order valence-corrected chi connectivity index (χ2v) is 4.61. The molecule has 0 atom stereocenters. The van der Waals surface area contributed by atoms with Crippen LogP contribution in [0.1, 0.15) is 18.3 Å². The van der Waals surface area contributed by atoms with Gasteiger partial charge in [0.15, 0.2) is 0 Å². The number of nitrogens with one attached hydrogen (secondary N) is 1. The summed E-state index contributed by atoms with van der Waals surface area (Å²) in [6, 6.07) is 7.31. The van der Waals surface area contributed by atoms with Crippen LogP contribution >= 0.6 is 11.5 Å². The summed E-state index contributed by atoms with van der Waals surface area (Å²) < 4.78 is 45.6. The van der Waals surface area contributed by atoms with Gasteiger partial charge in [0.1, 0.15) is 5.75 Å². The second kappa shape index (κ2) is 6.08. The highest BCUT2D eigenvalue weighted by atomic mass is 32.1. The van der Waals surface area contributed by atoms with E-state index < -0.39 is 12.0 Å². The number of hydrogen-bond donors (Lipinski definition) is 1. The molecule has 2 rings (SSSR count). The minimum Gasteiger partial charge on any atom is -0.494 e. The van der Waals surface area contributed by atoms with Crippen LogP contribution in [-0.2, 0) is 12.7 Å². The number of aromatic nitrogens is 2. The first-order chi connectivity index (χ1) is 9.49. The van der Waals surface area contributed by atoms with E-state index in [2.05, 4.69) is 14.7 Å². The van der Waals surface area contributed by atoms with E-state index >= 15 is 0 Å². The van der Waals surface area contributed by atoms with E-state index in [-0.39, 0.29) is 5.13 Å². The number of nitrogens with zero attached hydrogens (tertiary/aromatic N) is 2. The summed E-state index contributed by atoms with van der Waals surface area (Å²) in [6.45, 7) is 2.79. The van der Waals surface area contributed by atoms with Crippen molar-refractivity contribution in [3.63, 3.8) is 0 Å². The summed E-state index contributed by atoms with van der Waals surface area (Å²) in [7, 11) is 0. The van der Waals surface area contributed by atoms with Crippen molar-refractivity contribution in [1.82, 2.24) is 9.36 Å². The Hall–Kier alpha value is -1.83. The fraction of sp³-hybridized carbons (Fsp3) is 0.333. The monoisotopic (exact) mass is 303 g/mol. The molecule has 0 unspecified atom stereocenters. The van der Waals surface area contributed by atoms with Crippen LogP contribution in [-0.4, -0.2) is 16.0 Å². The van der Waals surface area contributed by atoms with Gasteiger partial charge in [0, 0.05) is 18.1 Å². The van der Waals surface area contributed by atoms with Crippen molar-refractivity contribution in [3.8, 4) is 5.75 Å². The number of ether oxygens (including phenoxy) is 1. The highest BCUT2D eigenvalue weighted by Gasteiger charge is 2.36. The molecule has 0 aliphatic heterocycles. The van der Waals surface area contributed by atoms with Gasteiger partial charge in [0.25, 0.3) is 0 Å². The molecule has 0 fully saturated rings. The largest absolute Gasteiger partial charge is 0.494 e. The van der Waals surface area contributed by atoms with Crippen LogP contribution < -0.4 is 10.1 Å². The van der Waals surface area contributed by atoms with Gasteiger partial charge >= 0.3 is 6.18 Å². The van der Waals surface area contributed by atoms with E-state index in [1.165, 1.54) is 0 Å². The maximum Gasteiger partial charge on any atom is 0.452 e. The van der Waals surface area contributed by atoms with Crippen molar-refractivity contribution in [1.29, 1.82) is 0 Å². The molecule has 1 aromatic carbocycles. The molecule has 0 spiro atoms. The SMILES string of the molecule is CCOc1cccc(CNc2nc(C(F)(F)F)ns2)c1. The maximum absolute atomic E-state index is 12.3. The first-order valence-corrected chi connectivity index (χ1v) is 6.63. The van der Waals surface area contributed by atoms with Gasteiger partial charge in [-0.2, -0.15) is 22.5 Å². The molecular weight excluding hydrogens is 291 g/mol. The van der Waals surface area contributed by atoms with E-state index in [4.69, 9.17) is 4.74 Å². The molecule has 2 aromatic rings. The lowest BCUT2D eigenvalue weighted by atomic mass is 10.2. The van der Waals surface area contributed by atoms with Crippen LogP contribution in [0.2, 0.25) is 0 Å². The molecule has 0 radical (unpaired) electrons. The van der Waals surface area contributed by atoms with Crippen molar-refractivity contribution in [3.05, 3.63) is 35.7 Å². The molecule has 1 N–H and O–H groups in total. The molecule has 4 nitrogen and oxygen atoms in total. The van der Waals surface area contributed by atoms with Crippen LogP contribution in [0.25, 0.3) is 0 Å². The van der Waals surface area contributed by atoms with E-state index in [0.717, 1.165) is 11.3 Å². The number of anilines is 1. The van der Waals surface area contributed by atoms with Crippen LogP contribution in [0.3, 0.4) is 0 Å². The Bertz CT molecular complexity index is 571. The lowest BCUT2D eigenvalue weighted by Crippen LogP contribution is -2.07. The lowest BCUT2D eigenvalue weighted by Gasteiger charge is -2.06. The zero-order valence-corrected chi connectivity index (χ0v) is 11.4. The summed E-state index contributed by atoms with van der Waals surface area (Å²) in [5.74, 6) is -0.395. The Balaban J connectivity index is 1.98. The van der Waals surface area contributed by atoms with Gasteiger partial charge in [-0.3, -0.25) is 0 Å². The molecule has 0 saturated heterocycles. The maximum atomic E-state index is 12.3. The standard InChI is InChI=1S/C12H12F3N3OS/c1-2-19-9-5-3-4-8(6-9)7-16-11-17-10(18-20-11)12(13,14)15/h3-6H,2,7H2,1H3,(H,16,17,18). The van der Waals surface area contributed by atoms with Gasteiger partial charge in [-0.25, -0.2) is 0 Å². The minimum absolute atomic E-state index is 0.138. The third-order valence-corrected chi connectivity index (χ3v) is 3.01. The number of halogens is 3. The van der Waals surface area contributed by atoms with Crippen molar-refractivity contribution >= 4 is 16.7 Å². The normalized spacial score (nSPS) is 11.4. The zero-order chi connectivity index (χ0) is 14.6. The third-order valence-electron chi connectivity index (χ3n) is 2.33. The Morgan fingerprint density at radius 2 is 2.15 bits per heavy atom. The number of hydrogen-bond acceptors (Lipinski definition) is 5. The Kier molecular flexibility index (Phi) is 4.43. The topological polar surface area (TPSA) is 47.0 Å². The summed E-state index contributed by atoms with van der Waals surface area (Å²) in [6.07, 6.45) is -4.51. The van der Waals surface area contributed by atoms with Gasteiger partial charge in [0.2, 0.25) is 11.0 Å². The van der Waals surface area contributed by atoms with E-state index in [1.807, 2.05) is 31.2 Å². The molecule has 0 bridgehead atoms. The Morgan fingerprint density at radius 1 is 1.35 bits per heavy atom. The highest BCUT2D eigenvalue weighted by Crippen LogP contribution is 2.29. The molecule has 1 aromatic heterocycles. The number of alkyl halides is 3. The number of rotatable bonds is 5. The summed E-state index contributed by atoms with van der Waals surface area (Å²) in [5.41, 5.74) is 0.889. The highest BCUT2D eigenvalue weighted by molar-refractivity contribution is 7.09. The summed E-state index contributed by atoms with van der Waals surface area (Å²) in [5, 5.41) is 2.95. The van der Waals surface area contributed by atoms with Crippen LogP contribution in [0.15, 0.2) is 24.3 Å². The van der Waals surface area contributed by atoms with Crippen LogP contribution in [0, 0.1) is 0 Å².